The lowest BCUT2D eigenvalue weighted by atomic mass is 9.90. The molecule has 1 nitrogen and oxygen atoms in total. The first-order valence-electron chi connectivity index (χ1n) is 7.69. The molecule has 2 unspecified atom stereocenters. The minimum atomic E-state index is 0. The Labute approximate surface area is 147 Å². The smallest absolute Gasteiger partial charge is 0.0420 e. The summed E-state index contributed by atoms with van der Waals surface area (Å²) >= 11 is 8.05. The molecule has 2 aliphatic carbocycles. The van der Waals surface area contributed by atoms with Crippen LogP contribution in [-0.2, 0) is 0 Å². The quantitative estimate of drug-likeness (QED) is 0.681. The van der Waals surface area contributed by atoms with Gasteiger partial charge in [-0.15, -0.1) is 23.7 Å². The zero-order chi connectivity index (χ0) is 14.6. The van der Waals surface area contributed by atoms with E-state index in [1.807, 2.05) is 17.4 Å². The van der Waals surface area contributed by atoms with Gasteiger partial charge < -0.3 is 4.90 Å². The second-order valence-corrected chi connectivity index (χ2v) is 8.20. The molecule has 1 heterocycles. The van der Waals surface area contributed by atoms with Crippen molar-refractivity contribution < 1.29 is 0 Å². The van der Waals surface area contributed by atoms with Crippen LogP contribution in [0.2, 0.25) is 5.02 Å². The van der Waals surface area contributed by atoms with Crippen molar-refractivity contribution in [1.82, 2.24) is 4.90 Å². The number of likely N-dealkylation sites (N-methyl/N-ethyl adjacent to an activating group) is 1. The van der Waals surface area contributed by atoms with Gasteiger partial charge in [-0.2, -0.15) is 0 Å². The molecule has 0 amide bonds. The molecule has 2 aliphatic rings. The highest BCUT2D eigenvalue weighted by atomic mass is 35.5. The zero-order valence-corrected chi connectivity index (χ0v) is 15.3. The van der Waals surface area contributed by atoms with E-state index < -0.39 is 0 Å². The van der Waals surface area contributed by atoms with E-state index in [1.54, 1.807) is 11.1 Å². The Morgan fingerprint density at radius 2 is 1.95 bits per heavy atom. The maximum atomic E-state index is 6.14. The zero-order valence-electron chi connectivity index (χ0n) is 12.9. The van der Waals surface area contributed by atoms with Crippen molar-refractivity contribution in [2.24, 2.45) is 11.8 Å². The van der Waals surface area contributed by atoms with Crippen LogP contribution in [0, 0.1) is 11.8 Å². The SMILES string of the molecule is CN(C)CC1=C(c2cc3ccc(Cl)cc3s2)C2CCC1C2.Cl. The molecule has 22 heavy (non-hydrogen) atoms. The van der Waals surface area contributed by atoms with E-state index in [0.29, 0.717) is 0 Å². The first kappa shape index (κ1) is 16.3. The van der Waals surface area contributed by atoms with Gasteiger partial charge in [-0.3, -0.25) is 0 Å². The van der Waals surface area contributed by atoms with E-state index in [1.165, 1.54) is 34.2 Å². The summed E-state index contributed by atoms with van der Waals surface area (Å²) in [6.07, 6.45) is 4.16. The third-order valence-electron chi connectivity index (χ3n) is 4.91. The number of thiophene rings is 1. The van der Waals surface area contributed by atoms with Gasteiger partial charge in [-0.1, -0.05) is 17.7 Å². The van der Waals surface area contributed by atoms with Gasteiger partial charge in [-0.05, 0) is 79.9 Å². The van der Waals surface area contributed by atoms with Crippen LogP contribution in [0.3, 0.4) is 0 Å². The van der Waals surface area contributed by atoms with Crippen LogP contribution in [0.15, 0.2) is 29.8 Å². The van der Waals surface area contributed by atoms with Gasteiger partial charge in [0.05, 0.1) is 0 Å². The third-order valence-corrected chi connectivity index (χ3v) is 6.28. The second kappa shape index (κ2) is 6.16. The molecule has 0 saturated heterocycles. The molecule has 1 aromatic carbocycles. The molecule has 1 aromatic heterocycles. The molecule has 4 rings (SSSR count). The van der Waals surface area contributed by atoms with Gasteiger partial charge >= 0.3 is 0 Å². The Bertz CT molecular complexity index is 732. The minimum Gasteiger partial charge on any atom is -0.305 e. The monoisotopic (exact) mass is 353 g/mol. The maximum absolute atomic E-state index is 6.14. The summed E-state index contributed by atoms with van der Waals surface area (Å²) in [5.41, 5.74) is 3.37. The third kappa shape index (κ3) is 2.71. The van der Waals surface area contributed by atoms with Gasteiger partial charge in [0, 0.05) is 21.1 Å². The average molecular weight is 354 g/mol. The number of allylic oxidation sites excluding steroid dienone is 1. The predicted octanol–water partition coefficient (Wildman–Crippen LogP) is 5.72. The molecule has 1 fully saturated rings. The Hall–Kier alpha value is -0.540. The molecule has 118 valence electrons. The fourth-order valence-corrected chi connectivity index (χ4v) is 5.59. The first-order valence-corrected chi connectivity index (χ1v) is 8.88. The van der Waals surface area contributed by atoms with E-state index in [0.717, 1.165) is 23.4 Å². The number of hydrogen-bond acceptors (Lipinski definition) is 2. The normalized spacial score (nSPS) is 23.6. The van der Waals surface area contributed by atoms with Crippen LogP contribution in [0.4, 0.5) is 0 Å². The van der Waals surface area contributed by atoms with E-state index in [4.69, 9.17) is 11.6 Å². The highest BCUT2D eigenvalue weighted by Gasteiger charge is 2.39. The minimum absolute atomic E-state index is 0. The number of fused-ring (bicyclic) bond motifs is 3. The molecule has 2 aromatic rings. The Morgan fingerprint density at radius 3 is 2.73 bits per heavy atom. The number of hydrogen-bond donors (Lipinski definition) is 0. The largest absolute Gasteiger partial charge is 0.305 e. The molecule has 0 aliphatic heterocycles. The first-order chi connectivity index (χ1) is 10.1. The summed E-state index contributed by atoms with van der Waals surface area (Å²) in [5, 5.41) is 2.17. The highest BCUT2D eigenvalue weighted by molar-refractivity contribution is 7.20. The molecular formula is C18H21Cl2NS. The lowest BCUT2D eigenvalue weighted by Gasteiger charge is -2.22. The molecular weight excluding hydrogens is 333 g/mol. The second-order valence-electron chi connectivity index (χ2n) is 6.68. The molecule has 2 bridgehead atoms. The van der Waals surface area contributed by atoms with Crippen molar-refractivity contribution in [3.05, 3.63) is 39.7 Å². The predicted molar refractivity (Wildman–Crippen MR) is 100 cm³/mol. The van der Waals surface area contributed by atoms with Crippen LogP contribution in [0.5, 0.6) is 0 Å². The van der Waals surface area contributed by atoms with Gasteiger partial charge in [0.1, 0.15) is 0 Å². The maximum Gasteiger partial charge on any atom is 0.0420 e. The van der Waals surface area contributed by atoms with Crippen LogP contribution >= 0.6 is 35.3 Å². The van der Waals surface area contributed by atoms with E-state index in [9.17, 15) is 0 Å². The number of benzene rings is 1. The molecule has 4 heteroatoms. The highest BCUT2D eigenvalue weighted by Crippen LogP contribution is 2.54. The summed E-state index contributed by atoms with van der Waals surface area (Å²) in [4.78, 5) is 3.80. The standard InChI is InChI=1S/C18H20ClNS.ClH/c1-20(2)10-15-11-3-4-13(7-11)18(15)17-8-12-5-6-14(19)9-16(12)21-17;/h5-6,8-9,11,13H,3-4,7,10H2,1-2H3;1H. The van der Waals surface area contributed by atoms with Gasteiger partial charge in [0.15, 0.2) is 0 Å². The fraction of sp³-hybridized carbons (Fsp3) is 0.444. The molecule has 0 spiro atoms. The summed E-state index contributed by atoms with van der Waals surface area (Å²) in [7, 11) is 4.36. The summed E-state index contributed by atoms with van der Waals surface area (Å²) in [5.74, 6) is 1.63. The topological polar surface area (TPSA) is 3.24 Å². The van der Waals surface area contributed by atoms with E-state index in [-0.39, 0.29) is 12.4 Å². The van der Waals surface area contributed by atoms with Crippen LogP contribution < -0.4 is 0 Å². The molecule has 2 atom stereocenters. The van der Waals surface area contributed by atoms with Crippen molar-refractivity contribution in [3.8, 4) is 0 Å². The van der Waals surface area contributed by atoms with Crippen LogP contribution in [0.1, 0.15) is 24.1 Å². The summed E-state index contributed by atoms with van der Waals surface area (Å²) in [6.45, 7) is 1.12. The van der Waals surface area contributed by atoms with Gasteiger partial charge in [-0.25, -0.2) is 0 Å². The molecule has 0 N–H and O–H groups in total. The number of halogens is 2. The number of nitrogens with zero attached hydrogens (tertiary/aromatic N) is 1. The van der Waals surface area contributed by atoms with Gasteiger partial charge in [0.2, 0.25) is 0 Å². The van der Waals surface area contributed by atoms with Crippen molar-refractivity contribution in [3.63, 3.8) is 0 Å². The summed E-state index contributed by atoms with van der Waals surface area (Å²) < 4.78 is 1.32. The Kier molecular flexibility index (Phi) is 4.57. The van der Waals surface area contributed by atoms with Crippen molar-refractivity contribution in [1.29, 1.82) is 0 Å². The number of rotatable bonds is 3. The van der Waals surface area contributed by atoms with Crippen molar-refractivity contribution >= 4 is 51.0 Å². The lowest BCUT2D eigenvalue weighted by Crippen LogP contribution is -2.19. The lowest BCUT2D eigenvalue weighted by molar-refractivity contribution is 0.423. The Morgan fingerprint density at radius 1 is 1.18 bits per heavy atom. The van der Waals surface area contributed by atoms with Crippen molar-refractivity contribution in [2.45, 2.75) is 19.3 Å². The van der Waals surface area contributed by atoms with Crippen molar-refractivity contribution in [2.75, 3.05) is 20.6 Å². The average Bonchev–Trinajstić information content (AvgIpc) is 3.10. The van der Waals surface area contributed by atoms with Crippen LogP contribution in [0.25, 0.3) is 15.7 Å². The van der Waals surface area contributed by atoms with E-state index >= 15 is 0 Å². The van der Waals surface area contributed by atoms with E-state index in [2.05, 4.69) is 37.2 Å². The summed E-state index contributed by atoms with van der Waals surface area (Å²) in [6, 6.07) is 8.62. The van der Waals surface area contributed by atoms with Crippen LogP contribution in [-0.4, -0.2) is 25.5 Å². The Balaban J connectivity index is 0.00000144. The fourth-order valence-electron chi connectivity index (χ4n) is 4.09. The van der Waals surface area contributed by atoms with Gasteiger partial charge in [0.25, 0.3) is 0 Å². The molecule has 0 radical (unpaired) electrons. The molecule has 1 saturated carbocycles.